The highest BCUT2D eigenvalue weighted by Gasteiger charge is 2.17. The topological polar surface area (TPSA) is 91.8 Å². The first-order chi connectivity index (χ1) is 14.2. The number of hydrogen-bond acceptors (Lipinski definition) is 7. The number of benzene rings is 1. The van der Waals surface area contributed by atoms with E-state index in [2.05, 4.69) is 36.8 Å². The van der Waals surface area contributed by atoms with E-state index in [0.29, 0.717) is 16.4 Å². The van der Waals surface area contributed by atoms with E-state index < -0.39 is 0 Å². The number of thiazole rings is 1. The first-order valence-corrected chi connectivity index (χ1v) is 10.8. The molecule has 3 aromatic rings. The summed E-state index contributed by atoms with van der Waals surface area (Å²) >= 11 is 3.24. The van der Waals surface area contributed by atoms with Gasteiger partial charge in [-0.15, -0.1) is 29.5 Å². The normalized spacial score (nSPS) is 12.1. The lowest BCUT2D eigenvalue weighted by Crippen LogP contribution is -2.19. The molecule has 0 unspecified atom stereocenters. The molecule has 0 spiro atoms. The highest BCUT2D eigenvalue weighted by molar-refractivity contribution is 7.99. The molecule has 146 valence electrons. The molecule has 0 saturated heterocycles. The van der Waals surface area contributed by atoms with Gasteiger partial charge >= 0.3 is 6.03 Å². The molecule has 7 nitrogen and oxygen atoms in total. The predicted octanol–water partition coefficient (Wildman–Crippen LogP) is 3.86. The first kappa shape index (κ1) is 19.2. The molecule has 1 aliphatic rings. The molecule has 0 radical (unpaired) electrons. The lowest BCUT2D eigenvalue weighted by atomic mass is 10.2. The van der Waals surface area contributed by atoms with Crippen molar-refractivity contribution in [3.05, 3.63) is 52.9 Å². The van der Waals surface area contributed by atoms with Crippen molar-refractivity contribution in [3.63, 3.8) is 0 Å². The second kappa shape index (κ2) is 8.94. The number of rotatable bonds is 6. The number of terminal acetylenes is 1. The van der Waals surface area contributed by atoms with Gasteiger partial charge in [0.1, 0.15) is 12.1 Å². The second-order valence-corrected chi connectivity index (χ2v) is 8.43. The third-order valence-corrected chi connectivity index (χ3v) is 6.29. The zero-order valence-corrected chi connectivity index (χ0v) is 17.1. The minimum Gasteiger partial charge on any atom is -0.369 e. The van der Waals surface area contributed by atoms with E-state index in [1.54, 1.807) is 48.6 Å². The van der Waals surface area contributed by atoms with Crippen LogP contribution in [0.1, 0.15) is 16.1 Å². The van der Waals surface area contributed by atoms with Crippen LogP contribution in [0.25, 0.3) is 0 Å². The van der Waals surface area contributed by atoms with Gasteiger partial charge in [-0.05, 0) is 18.2 Å². The SMILES string of the molecule is C#Cc1cccc(NC(=O)Nc2ncc(CCNc3ncnc4c3SCC4)s2)c1. The zero-order valence-electron chi connectivity index (χ0n) is 15.4. The second-order valence-electron chi connectivity index (χ2n) is 6.21. The van der Waals surface area contributed by atoms with Crippen LogP contribution in [0, 0.1) is 12.3 Å². The van der Waals surface area contributed by atoms with E-state index in [-0.39, 0.29) is 6.03 Å². The van der Waals surface area contributed by atoms with Gasteiger partial charge in [0.15, 0.2) is 5.13 Å². The number of thioether (sulfide) groups is 1. The predicted molar refractivity (Wildman–Crippen MR) is 118 cm³/mol. The number of anilines is 3. The Hall–Kier alpha value is -3.09. The Labute approximate surface area is 176 Å². The highest BCUT2D eigenvalue weighted by Crippen LogP contribution is 2.34. The molecular weight excluding hydrogens is 404 g/mol. The first-order valence-electron chi connectivity index (χ1n) is 9.01. The van der Waals surface area contributed by atoms with E-state index in [1.165, 1.54) is 11.3 Å². The zero-order chi connectivity index (χ0) is 20.1. The van der Waals surface area contributed by atoms with Crippen LogP contribution in [-0.4, -0.2) is 33.3 Å². The molecule has 0 atom stereocenters. The Kier molecular flexibility index (Phi) is 5.93. The standard InChI is InChI=1S/C20H18N6OS2/c1-2-13-4-3-5-14(10-13)25-19(27)26-20-22-11-15(29-20)6-8-21-18-17-16(7-9-28-17)23-12-24-18/h1,3-5,10-12H,6-9H2,(H,21,23,24)(H2,22,25,26,27). The summed E-state index contributed by atoms with van der Waals surface area (Å²) in [4.78, 5) is 27.3. The number of aryl methyl sites for hydroxylation is 1. The van der Waals surface area contributed by atoms with Gasteiger partial charge in [-0.25, -0.2) is 19.7 Å². The average Bonchev–Trinajstić information content (AvgIpc) is 3.38. The van der Waals surface area contributed by atoms with Gasteiger partial charge in [0, 0.05) is 47.5 Å². The van der Waals surface area contributed by atoms with Gasteiger partial charge in [-0.3, -0.25) is 5.32 Å². The average molecular weight is 423 g/mol. The summed E-state index contributed by atoms with van der Waals surface area (Å²) in [5, 5.41) is 9.43. The van der Waals surface area contributed by atoms with Crippen molar-refractivity contribution in [1.82, 2.24) is 15.0 Å². The third kappa shape index (κ3) is 4.85. The molecule has 3 N–H and O–H groups in total. The number of nitrogens with one attached hydrogen (secondary N) is 3. The third-order valence-electron chi connectivity index (χ3n) is 4.19. The molecule has 29 heavy (non-hydrogen) atoms. The van der Waals surface area contributed by atoms with Crippen molar-refractivity contribution in [2.75, 3.05) is 28.2 Å². The molecule has 9 heteroatoms. The van der Waals surface area contributed by atoms with E-state index >= 15 is 0 Å². The quantitative estimate of drug-likeness (QED) is 0.523. The molecule has 1 aromatic carbocycles. The molecule has 0 saturated carbocycles. The molecule has 1 aliphatic heterocycles. The minimum absolute atomic E-state index is 0.355. The van der Waals surface area contributed by atoms with Crippen molar-refractivity contribution < 1.29 is 4.79 Å². The minimum atomic E-state index is -0.355. The number of hydrogen-bond donors (Lipinski definition) is 3. The highest BCUT2D eigenvalue weighted by atomic mass is 32.2. The van der Waals surface area contributed by atoms with Gasteiger partial charge in [-0.2, -0.15) is 0 Å². The Morgan fingerprint density at radius 1 is 1.24 bits per heavy atom. The number of amides is 2. The van der Waals surface area contributed by atoms with Crippen LogP contribution in [0.2, 0.25) is 0 Å². The largest absolute Gasteiger partial charge is 0.369 e. The number of aromatic nitrogens is 3. The molecule has 0 aliphatic carbocycles. The van der Waals surface area contributed by atoms with Crippen LogP contribution >= 0.6 is 23.1 Å². The number of fused-ring (bicyclic) bond motifs is 1. The maximum Gasteiger partial charge on any atom is 0.325 e. The van der Waals surface area contributed by atoms with Crippen molar-refractivity contribution in [2.45, 2.75) is 17.7 Å². The van der Waals surface area contributed by atoms with Crippen LogP contribution in [0.3, 0.4) is 0 Å². The number of carbonyl (C=O) groups excluding carboxylic acids is 1. The maximum atomic E-state index is 12.2. The Bertz CT molecular complexity index is 1070. The molecule has 0 fully saturated rings. The summed E-state index contributed by atoms with van der Waals surface area (Å²) in [5.74, 6) is 4.50. The van der Waals surface area contributed by atoms with E-state index in [4.69, 9.17) is 6.42 Å². The van der Waals surface area contributed by atoms with Gasteiger partial charge < -0.3 is 10.6 Å². The van der Waals surface area contributed by atoms with Gasteiger partial charge in [0.05, 0.1) is 10.6 Å². The van der Waals surface area contributed by atoms with Gasteiger partial charge in [-0.1, -0.05) is 12.0 Å². The lowest BCUT2D eigenvalue weighted by molar-refractivity contribution is 0.262. The summed E-state index contributed by atoms with van der Waals surface area (Å²) < 4.78 is 0. The van der Waals surface area contributed by atoms with E-state index in [9.17, 15) is 4.79 Å². The monoisotopic (exact) mass is 422 g/mol. The van der Waals surface area contributed by atoms with Crippen molar-refractivity contribution in [3.8, 4) is 12.3 Å². The fourth-order valence-electron chi connectivity index (χ4n) is 2.85. The number of carbonyl (C=O) groups is 1. The van der Waals surface area contributed by atoms with Crippen molar-refractivity contribution >= 4 is 45.8 Å². The maximum absolute atomic E-state index is 12.2. The molecule has 0 bridgehead atoms. The van der Waals surface area contributed by atoms with E-state index in [0.717, 1.165) is 46.4 Å². The summed E-state index contributed by atoms with van der Waals surface area (Å²) in [7, 11) is 0. The summed E-state index contributed by atoms with van der Waals surface area (Å²) in [6.45, 7) is 0.733. The van der Waals surface area contributed by atoms with Crippen molar-refractivity contribution in [1.29, 1.82) is 0 Å². The number of nitrogens with zero attached hydrogens (tertiary/aromatic N) is 3. The fraction of sp³-hybridized carbons (Fsp3) is 0.200. The van der Waals surface area contributed by atoms with Crippen LogP contribution in [0.5, 0.6) is 0 Å². The smallest absolute Gasteiger partial charge is 0.325 e. The molecule has 3 heterocycles. The lowest BCUT2D eigenvalue weighted by Gasteiger charge is -2.08. The van der Waals surface area contributed by atoms with Crippen LogP contribution < -0.4 is 16.0 Å². The summed E-state index contributed by atoms with van der Waals surface area (Å²) in [6.07, 6.45) is 10.6. The Morgan fingerprint density at radius 2 is 2.17 bits per heavy atom. The molecule has 4 rings (SSSR count). The Balaban J connectivity index is 1.28. The molecule has 2 amide bonds. The number of urea groups is 1. The fourth-order valence-corrected chi connectivity index (χ4v) is 4.74. The van der Waals surface area contributed by atoms with Gasteiger partial charge in [0.2, 0.25) is 0 Å². The summed E-state index contributed by atoms with van der Waals surface area (Å²) in [6, 6.07) is 6.76. The Morgan fingerprint density at radius 3 is 3.07 bits per heavy atom. The molecular formula is C20H18N6OS2. The summed E-state index contributed by atoms with van der Waals surface area (Å²) in [5.41, 5.74) is 2.46. The van der Waals surface area contributed by atoms with Gasteiger partial charge in [0.25, 0.3) is 0 Å². The molecule has 2 aromatic heterocycles. The van der Waals surface area contributed by atoms with Crippen LogP contribution in [-0.2, 0) is 12.8 Å². The van der Waals surface area contributed by atoms with E-state index in [1.807, 2.05) is 0 Å². The van der Waals surface area contributed by atoms with Crippen LogP contribution in [0.15, 0.2) is 41.7 Å². The van der Waals surface area contributed by atoms with Crippen LogP contribution in [0.4, 0.5) is 21.4 Å². The van der Waals surface area contributed by atoms with Crippen molar-refractivity contribution in [2.24, 2.45) is 0 Å².